The Morgan fingerprint density at radius 1 is 0.467 bits per heavy atom. The van der Waals surface area contributed by atoms with Crippen molar-refractivity contribution in [1.82, 2.24) is 21.3 Å². The van der Waals surface area contributed by atoms with E-state index in [-0.39, 0.29) is 108 Å². The van der Waals surface area contributed by atoms with Crippen LogP contribution in [-0.2, 0) is 38.1 Å². The Kier molecular flexibility index (Phi) is 17.3. The highest BCUT2D eigenvalue weighted by Gasteiger charge is 2.48. The maximum Gasteiger partial charge on any atom is 0.306 e. The van der Waals surface area contributed by atoms with Crippen LogP contribution in [0.4, 0.5) is 0 Å². The number of fused-ring (bicyclic) bond motifs is 8. The molecular weight excluding hydrogens is 761 g/mol. The monoisotopic (exact) mass is 841 g/mol. The van der Waals surface area contributed by atoms with E-state index in [2.05, 4.69) is 49.0 Å². The Morgan fingerprint density at radius 2 is 0.767 bits per heavy atom. The first-order valence-electron chi connectivity index (χ1n) is 23.5. The van der Waals surface area contributed by atoms with Crippen LogP contribution in [0, 0.1) is 23.7 Å². The smallest absolute Gasteiger partial charge is 0.306 e. The molecule has 12 atom stereocenters. The number of nitrogens with one attached hydrogen (secondary N) is 4. The number of ether oxygens (including phenoxy) is 4. The minimum absolute atomic E-state index is 0.0851. The number of esters is 4. The molecule has 3 fully saturated rings. The molecule has 0 radical (unpaired) electrons. The molecule has 5 heterocycles. The van der Waals surface area contributed by atoms with Crippen LogP contribution in [0.5, 0.6) is 0 Å². The largest absolute Gasteiger partial charge is 0.463 e. The van der Waals surface area contributed by atoms with Crippen molar-refractivity contribution in [3.63, 3.8) is 0 Å². The molecule has 8 bridgehead atoms. The van der Waals surface area contributed by atoms with Crippen molar-refractivity contribution in [2.75, 3.05) is 0 Å². The number of carbonyl (C=O) groups is 4. The van der Waals surface area contributed by atoms with Gasteiger partial charge < -0.3 is 40.2 Å². The summed E-state index contributed by atoms with van der Waals surface area (Å²) in [5, 5.41) is 16.4. The number of hydrogen-bond acceptors (Lipinski definition) is 12. The summed E-state index contributed by atoms with van der Waals surface area (Å²) >= 11 is 0. The minimum Gasteiger partial charge on any atom is -0.463 e. The normalized spacial score (nSPS) is 33.1. The first-order valence-corrected chi connectivity index (χ1v) is 23.5. The van der Waals surface area contributed by atoms with Gasteiger partial charge in [-0.2, -0.15) is 0 Å². The van der Waals surface area contributed by atoms with Crippen molar-refractivity contribution in [3.8, 4) is 0 Å². The standard InChI is InChI=1S/C48H80N4O8/c1-25(2)57-45(53)17-13-33-29(9)37-22-42-35(15-19-47(55)59-27(5)6)31(11)39(51-42)24-44-36(16-20-48(56)60-28(7)8)32(12)40(52-44)23-43-34(14-18-46(54)58-26(3)4)30(10)38(50-43)21-41(33)49-37/h25-29,32-33,36-44,49-52H,13-24H2,1-12H3. The topological polar surface area (TPSA) is 153 Å². The van der Waals surface area contributed by atoms with Crippen LogP contribution in [0.2, 0.25) is 0 Å². The third-order valence-corrected chi connectivity index (χ3v) is 14.2. The van der Waals surface area contributed by atoms with E-state index in [1.807, 2.05) is 55.4 Å². The molecule has 5 aliphatic rings. The Hall–Kier alpha value is -2.80. The lowest BCUT2D eigenvalue weighted by atomic mass is 9.80. The van der Waals surface area contributed by atoms with Gasteiger partial charge in [0.05, 0.1) is 24.4 Å². The lowest BCUT2D eigenvalue weighted by molar-refractivity contribution is -0.148. The Labute approximate surface area is 361 Å². The van der Waals surface area contributed by atoms with E-state index in [0.29, 0.717) is 50.4 Å². The maximum atomic E-state index is 12.9. The van der Waals surface area contributed by atoms with Gasteiger partial charge >= 0.3 is 23.9 Å². The summed E-state index contributed by atoms with van der Waals surface area (Å²) in [5.74, 6) is 0.478. The predicted molar refractivity (Wildman–Crippen MR) is 234 cm³/mol. The van der Waals surface area contributed by atoms with Crippen molar-refractivity contribution >= 4 is 23.9 Å². The average Bonchev–Trinajstić information content (AvgIpc) is 3.79. The molecule has 12 heteroatoms. The quantitative estimate of drug-likeness (QED) is 0.0721. The van der Waals surface area contributed by atoms with Crippen LogP contribution in [0.25, 0.3) is 0 Å². The molecule has 3 saturated heterocycles. The minimum atomic E-state index is -0.170. The molecule has 5 aliphatic heterocycles. The molecule has 0 saturated carbocycles. The molecule has 4 N–H and O–H groups in total. The van der Waals surface area contributed by atoms with Gasteiger partial charge in [0, 0.05) is 74.0 Å². The fourth-order valence-electron chi connectivity index (χ4n) is 11.3. The van der Waals surface area contributed by atoms with E-state index < -0.39 is 0 Å². The SMILES string of the molecule is CC1=C(CCC(=O)OC(C)C)C2CC3NC(CC4NC(CC5NC(CC1N2)C(CCC(=O)OC(C)C)C5C)C(CCC(=O)OC(C)C)=C4C)C(CCC(=O)OC(C)C)C3C. The van der Waals surface area contributed by atoms with Crippen molar-refractivity contribution in [3.05, 3.63) is 22.3 Å². The second-order valence-corrected chi connectivity index (χ2v) is 19.9. The molecule has 0 aromatic rings. The van der Waals surface area contributed by atoms with Gasteiger partial charge in [0.2, 0.25) is 0 Å². The van der Waals surface area contributed by atoms with Gasteiger partial charge in [-0.15, -0.1) is 0 Å². The zero-order chi connectivity index (χ0) is 44.0. The van der Waals surface area contributed by atoms with Crippen molar-refractivity contribution in [1.29, 1.82) is 0 Å². The molecule has 60 heavy (non-hydrogen) atoms. The molecule has 0 aliphatic carbocycles. The molecule has 12 nitrogen and oxygen atoms in total. The molecule has 0 amide bonds. The van der Waals surface area contributed by atoms with Gasteiger partial charge in [0.15, 0.2) is 0 Å². The molecule has 5 rings (SSSR count). The summed E-state index contributed by atoms with van der Waals surface area (Å²) in [4.78, 5) is 51.7. The summed E-state index contributed by atoms with van der Waals surface area (Å²) in [6.45, 7) is 24.3. The van der Waals surface area contributed by atoms with Gasteiger partial charge in [-0.3, -0.25) is 19.2 Å². The second-order valence-electron chi connectivity index (χ2n) is 19.9. The second kappa shape index (κ2) is 21.5. The molecular formula is C48H80N4O8. The molecule has 340 valence electrons. The predicted octanol–water partition coefficient (Wildman–Crippen LogP) is 6.99. The highest BCUT2D eigenvalue weighted by atomic mass is 16.6. The summed E-state index contributed by atoms with van der Waals surface area (Å²) in [6.07, 6.45) is 7.08. The lowest BCUT2D eigenvalue weighted by Crippen LogP contribution is -2.46. The molecule has 0 aromatic heterocycles. The van der Waals surface area contributed by atoms with Gasteiger partial charge in [-0.1, -0.05) is 36.1 Å². The first kappa shape index (κ1) is 48.2. The van der Waals surface area contributed by atoms with Crippen molar-refractivity contribution in [2.24, 2.45) is 23.7 Å². The number of carbonyl (C=O) groups excluding carboxylic acids is 4. The van der Waals surface area contributed by atoms with Crippen LogP contribution in [0.3, 0.4) is 0 Å². The maximum absolute atomic E-state index is 12.9. The third kappa shape index (κ3) is 12.7. The summed E-state index contributed by atoms with van der Waals surface area (Å²) < 4.78 is 22.4. The third-order valence-electron chi connectivity index (χ3n) is 14.2. The van der Waals surface area contributed by atoms with E-state index in [1.165, 1.54) is 22.3 Å². The van der Waals surface area contributed by atoms with Crippen molar-refractivity contribution < 1.29 is 38.1 Å². The van der Waals surface area contributed by atoms with E-state index in [1.54, 1.807) is 0 Å². The molecule has 0 aromatic carbocycles. The average molecular weight is 841 g/mol. The fraction of sp³-hybridized carbons (Fsp3) is 0.833. The summed E-state index contributed by atoms with van der Waals surface area (Å²) in [7, 11) is 0. The summed E-state index contributed by atoms with van der Waals surface area (Å²) in [6, 6.07) is 1.10. The Morgan fingerprint density at radius 3 is 1.08 bits per heavy atom. The first-order chi connectivity index (χ1) is 28.3. The van der Waals surface area contributed by atoms with Gasteiger partial charge in [0.1, 0.15) is 0 Å². The fourth-order valence-corrected chi connectivity index (χ4v) is 11.3. The van der Waals surface area contributed by atoms with Gasteiger partial charge in [0.25, 0.3) is 0 Å². The van der Waals surface area contributed by atoms with Crippen LogP contribution >= 0.6 is 0 Å². The number of hydrogen-bond donors (Lipinski definition) is 4. The Bertz CT molecular complexity index is 1460. The number of rotatable bonds is 16. The zero-order valence-corrected chi connectivity index (χ0v) is 39.0. The van der Waals surface area contributed by atoms with Gasteiger partial charge in [-0.25, -0.2) is 0 Å². The van der Waals surface area contributed by atoms with Crippen LogP contribution in [0.1, 0.15) is 160 Å². The Balaban J connectivity index is 1.50. The van der Waals surface area contributed by atoms with E-state index >= 15 is 0 Å². The molecule has 0 spiro atoms. The van der Waals surface area contributed by atoms with E-state index in [0.717, 1.165) is 38.5 Å². The van der Waals surface area contributed by atoms with E-state index in [9.17, 15) is 19.2 Å². The lowest BCUT2D eigenvalue weighted by Gasteiger charge is -2.28. The van der Waals surface area contributed by atoms with Crippen LogP contribution in [-0.4, -0.2) is 96.6 Å². The van der Waals surface area contributed by atoms with Crippen LogP contribution in [0.15, 0.2) is 22.3 Å². The zero-order valence-electron chi connectivity index (χ0n) is 39.0. The van der Waals surface area contributed by atoms with E-state index in [4.69, 9.17) is 18.9 Å². The van der Waals surface area contributed by atoms with Gasteiger partial charge in [-0.05, 0) is 144 Å². The highest BCUT2D eigenvalue weighted by molar-refractivity contribution is 5.71. The van der Waals surface area contributed by atoms with Crippen LogP contribution < -0.4 is 21.3 Å². The molecule has 12 unspecified atom stereocenters. The van der Waals surface area contributed by atoms with Crippen molar-refractivity contribution in [2.45, 2.75) is 233 Å². The highest BCUT2D eigenvalue weighted by Crippen LogP contribution is 2.43. The summed E-state index contributed by atoms with van der Waals surface area (Å²) in [5.41, 5.74) is 5.23.